The molecule has 0 aliphatic carbocycles. The number of imidazole rings is 1. The van der Waals surface area contributed by atoms with Gasteiger partial charge in [-0.15, -0.1) is 0 Å². The van der Waals surface area contributed by atoms with Crippen LogP contribution in [0.1, 0.15) is 18.8 Å². The maximum Gasteiger partial charge on any atom is 0.159 e. The molecule has 0 fully saturated rings. The molecule has 5 heteroatoms. The van der Waals surface area contributed by atoms with Gasteiger partial charge in [-0.2, -0.15) is 0 Å². The van der Waals surface area contributed by atoms with Crippen LogP contribution in [-0.4, -0.2) is 23.5 Å². The van der Waals surface area contributed by atoms with Crippen LogP contribution in [0.25, 0.3) is 5.52 Å². The largest absolute Gasteiger partial charge is 0.494 e. The second kappa shape index (κ2) is 4.31. The summed E-state index contributed by atoms with van der Waals surface area (Å²) < 4.78 is 7.22. The molecule has 1 unspecified atom stereocenters. The number of nitrogens with one attached hydrogen (secondary N) is 1. The molecular weight excluding hydrogens is 226 g/mol. The summed E-state index contributed by atoms with van der Waals surface area (Å²) in [6.45, 7) is 2.03. The van der Waals surface area contributed by atoms with Crippen LogP contribution in [-0.2, 0) is 0 Å². The summed E-state index contributed by atoms with van der Waals surface area (Å²) >= 11 is 6.12. The molecule has 0 aliphatic rings. The van der Waals surface area contributed by atoms with Gasteiger partial charge in [0.05, 0.1) is 13.2 Å². The molecule has 0 aliphatic heterocycles. The predicted octanol–water partition coefficient (Wildman–Crippen LogP) is 2.28. The van der Waals surface area contributed by atoms with E-state index in [1.165, 1.54) is 0 Å². The predicted molar refractivity (Wildman–Crippen MR) is 64.2 cm³/mol. The minimum absolute atomic E-state index is 0.132. The second-order valence-electron chi connectivity index (χ2n) is 3.57. The summed E-state index contributed by atoms with van der Waals surface area (Å²) in [7, 11) is 3.51. The van der Waals surface area contributed by atoms with E-state index in [2.05, 4.69) is 10.3 Å². The van der Waals surface area contributed by atoms with Crippen LogP contribution in [0.15, 0.2) is 18.3 Å². The van der Waals surface area contributed by atoms with Gasteiger partial charge in [-0.05, 0) is 26.1 Å². The van der Waals surface area contributed by atoms with Crippen molar-refractivity contribution in [3.05, 3.63) is 29.3 Å². The highest BCUT2D eigenvalue weighted by Crippen LogP contribution is 2.29. The van der Waals surface area contributed by atoms with E-state index in [1.54, 1.807) is 7.11 Å². The van der Waals surface area contributed by atoms with Crippen molar-refractivity contribution in [1.82, 2.24) is 14.7 Å². The van der Waals surface area contributed by atoms with Crippen LogP contribution in [0.5, 0.6) is 5.75 Å². The SMILES string of the molecule is CNC(C)c1nc(Cl)c2c(OC)cccn12. The maximum atomic E-state index is 6.12. The van der Waals surface area contributed by atoms with E-state index in [-0.39, 0.29) is 6.04 Å². The molecule has 0 aromatic carbocycles. The van der Waals surface area contributed by atoms with Gasteiger partial charge in [0, 0.05) is 6.20 Å². The Hall–Kier alpha value is -1.26. The number of fused-ring (bicyclic) bond motifs is 1. The molecule has 0 bridgehead atoms. The lowest BCUT2D eigenvalue weighted by Crippen LogP contribution is -2.15. The first-order chi connectivity index (χ1) is 7.69. The van der Waals surface area contributed by atoms with Gasteiger partial charge in [0.25, 0.3) is 0 Å². The van der Waals surface area contributed by atoms with Crippen molar-refractivity contribution in [2.24, 2.45) is 0 Å². The lowest BCUT2D eigenvalue weighted by Gasteiger charge is -2.09. The summed E-state index contributed by atoms with van der Waals surface area (Å²) in [4.78, 5) is 4.36. The second-order valence-corrected chi connectivity index (χ2v) is 3.92. The highest BCUT2D eigenvalue weighted by atomic mass is 35.5. The third-order valence-electron chi connectivity index (χ3n) is 2.65. The molecule has 2 aromatic rings. The third kappa shape index (κ3) is 1.64. The first-order valence-electron chi connectivity index (χ1n) is 5.06. The van der Waals surface area contributed by atoms with E-state index in [0.29, 0.717) is 5.15 Å². The maximum absolute atomic E-state index is 6.12. The standard InChI is InChI=1S/C11H14ClN3O/c1-7(13-2)11-14-10(12)9-8(16-3)5-4-6-15(9)11/h4-7,13H,1-3H3. The zero-order valence-electron chi connectivity index (χ0n) is 9.49. The molecule has 0 amide bonds. The highest BCUT2D eigenvalue weighted by Gasteiger charge is 2.16. The number of pyridine rings is 1. The topological polar surface area (TPSA) is 38.6 Å². The van der Waals surface area contributed by atoms with Crippen LogP contribution in [0.4, 0.5) is 0 Å². The fraction of sp³-hybridized carbons (Fsp3) is 0.364. The molecule has 1 atom stereocenters. The minimum atomic E-state index is 0.132. The van der Waals surface area contributed by atoms with Crippen LogP contribution in [0.3, 0.4) is 0 Å². The average Bonchev–Trinajstić information content (AvgIpc) is 2.66. The van der Waals surface area contributed by atoms with Crippen molar-refractivity contribution in [3.8, 4) is 5.75 Å². The monoisotopic (exact) mass is 239 g/mol. The number of ether oxygens (including phenoxy) is 1. The molecule has 0 spiro atoms. The van der Waals surface area contributed by atoms with Gasteiger partial charge in [0.15, 0.2) is 5.15 Å². The molecule has 86 valence electrons. The lowest BCUT2D eigenvalue weighted by atomic mass is 10.3. The molecule has 0 radical (unpaired) electrons. The quantitative estimate of drug-likeness (QED) is 0.893. The number of halogens is 1. The smallest absolute Gasteiger partial charge is 0.159 e. The molecule has 4 nitrogen and oxygen atoms in total. The molecule has 2 rings (SSSR count). The normalized spacial score (nSPS) is 13.0. The van der Waals surface area contributed by atoms with E-state index < -0.39 is 0 Å². The summed E-state index contributed by atoms with van der Waals surface area (Å²) in [6.07, 6.45) is 1.93. The van der Waals surface area contributed by atoms with Gasteiger partial charge in [-0.1, -0.05) is 11.6 Å². The Morgan fingerprint density at radius 3 is 2.94 bits per heavy atom. The van der Waals surface area contributed by atoms with Crippen LogP contribution in [0.2, 0.25) is 5.15 Å². The highest BCUT2D eigenvalue weighted by molar-refractivity contribution is 6.33. The van der Waals surface area contributed by atoms with E-state index >= 15 is 0 Å². The van der Waals surface area contributed by atoms with E-state index in [1.807, 2.05) is 36.7 Å². The number of rotatable bonds is 3. The molecule has 2 aromatic heterocycles. The van der Waals surface area contributed by atoms with Crippen molar-refractivity contribution in [2.75, 3.05) is 14.2 Å². The Kier molecular flexibility index (Phi) is 3.03. The summed E-state index contributed by atoms with van der Waals surface area (Å²) in [6, 6.07) is 3.92. The van der Waals surface area contributed by atoms with Gasteiger partial charge in [-0.25, -0.2) is 4.98 Å². The minimum Gasteiger partial charge on any atom is -0.494 e. The summed E-state index contributed by atoms with van der Waals surface area (Å²) in [5.41, 5.74) is 0.809. The Labute approximate surface area is 99.2 Å². The van der Waals surface area contributed by atoms with Gasteiger partial charge in [-0.3, -0.25) is 4.40 Å². The molecule has 0 saturated heterocycles. The number of hydrogen-bond donors (Lipinski definition) is 1. The fourth-order valence-corrected chi connectivity index (χ4v) is 1.96. The van der Waals surface area contributed by atoms with Gasteiger partial charge in [0.1, 0.15) is 17.1 Å². The summed E-state index contributed by atoms with van der Waals surface area (Å²) in [5, 5.41) is 3.61. The lowest BCUT2D eigenvalue weighted by molar-refractivity contribution is 0.417. The fourth-order valence-electron chi connectivity index (χ4n) is 1.69. The van der Waals surface area contributed by atoms with Crippen molar-refractivity contribution in [1.29, 1.82) is 0 Å². The van der Waals surface area contributed by atoms with Crippen LogP contribution >= 0.6 is 11.6 Å². The number of methoxy groups -OCH3 is 1. The van der Waals surface area contributed by atoms with Crippen LogP contribution in [0, 0.1) is 0 Å². The van der Waals surface area contributed by atoms with Crippen LogP contribution < -0.4 is 10.1 Å². The van der Waals surface area contributed by atoms with Gasteiger partial charge in [0.2, 0.25) is 0 Å². The molecule has 2 heterocycles. The van der Waals surface area contributed by atoms with Crippen molar-refractivity contribution < 1.29 is 4.74 Å². The Bertz CT molecular complexity index is 509. The molecule has 1 N–H and O–H groups in total. The van der Waals surface area contributed by atoms with Crippen molar-refractivity contribution >= 4 is 17.1 Å². The Morgan fingerprint density at radius 1 is 1.56 bits per heavy atom. The zero-order valence-corrected chi connectivity index (χ0v) is 10.2. The van der Waals surface area contributed by atoms with E-state index in [4.69, 9.17) is 16.3 Å². The van der Waals surface area contributed by atoms with E-state index in [0.717, 1.165) is 17.1 Å². The van der Waals surface area contributed by atoms with E-state index in [9.17, 15) is 0 Å². The van der Waals surface area contributed by atoms with Gasteiger partial charge >= 0.3 is 0 Å². The summed E-state index contributed by atoms with van der Waals surface area (Å²) in [5.74, 6) is 1.61. The van der Waals surface area contributed by atoms with Crippen molar-refractivity contribution in [3.63, 3.8) is 0 Å². The first-order valence-corrected chi connectivity index (χ1v) is 5.44. The van der Waals surface area contributed by atoms with Gasteiger partial charge < -0.3 is 10.1 Å². The number of aromatic nitrogens is 2. The molecular formula is C11H14ClN3O. The third-order valence-corrected chi connectivity index (χ3v) is 2.92. The average molecular weight is 240 g/mol. The number of nitrogens with zero attached hydrogens (tertiary/aromatic N) is 2. The molecule has 16 heavy (non-hydrogen) atoms. The Balaban J connectivity index is 2.71. The zero-order chi connectivity index (χ0) is 11.7. The first kappa shape index (κ1) is 11.2. The molecule has 0 saturated carbocycles. The Morgan fingerprint density at radius 2 is 2.31 bits per heavy atom. The van der Waals surface area contributed by atoms with Crippen molar-refractivity contribution in [2.45, 2.75) is 13.0 Å². The number of hydrogen-bond acceptors (Lipinski definition) is 3.